The van der Waals surface area contributed by atoms with E-state index in [1.807, 2.05) is 48.5 Å². The summed E-state index contributed by atoms with van der Waals surface area (Å²) in [6, 6.07) is 15.8. The molecular formula is C23H22ClN3O. The summed E-state index contributed by atoms with van der Waals surface area (Å²) < 4.78 is 2.26. The van der Waals surface area contributed by atoms with Gasteiger partial charge in [-0.25, -0.2) is 4.98 Å². The number of nitrogens with zero attached hydrogens (tertiary/aromatic N) is 2. The van der Waals surface area contributed by atoms with E-state index >= 15 is 0 Å². The van der Waals surface area contributed by atoms with Crippen LogP contribution in [0.4, 0.5) is 5.69 Å². The van der Waals surface area contributed by atoms with Crippen molar-refractivity contribution < 1.29 is 4.79 Å². The van der Waals surface area contributed by atoms with Crippen LogP contribution in [0.3, 0.4) is 0 Å². The fraction of sp³-hybridized carbons (Fsp3) is 0.304. The number of fused-ring (bicyclic) bond motifs is 1. The zero-order chi connectivity index (χ0) is 19.1. The molecule has 1 saturated carbocycles. The van der Waals surface area contributed by atoms with E-state index in [0.29, 0.717) is 0 Å². The van der Waals surface area contributed by atoms with E-state index in [-0.39, 0.29) is 17.7 Å². The molecule has 2 unspecified atom stereocenters. The molecule has 3 aromatic rings. The van der Waals surface area contributed by atoms with E-state index in [9.17, 15) is 4.79 Å². The van der Waals surface area contributed by atoms with Crippen LogP contribution in [0.5, 0.6) is 0 Å². The van der Waals surface area contributed by atoms with Crippen molar-refractivity contribution in [2.24, 2.45) is 5.92 Å². The zero-order valence-electron chi connectivity index (χ0n) is 15.6. The van der Waals surface area contributed by atoms with Gasteiger partial charge in [-0.05, 0) is 48.9 Å². The average Bonchev–Trinajstić information content (AvgIpc) is 3.39. The van der Waals surface area contributed by atoms with Crippen molar-refractivity contribution in [1.29, 1.82) is 0 Å². The van der Waals surface area contributed by atoms with E-state index in [1.165, 1.54) is 18.7 Å². The molecule has 0 radical (unpaired) electrons. The van der Waals surface area contributed by atoms with Gasteiger partial charge in [0.1, 0.15) is 5.82 Å². The van der Waals surface area contributed by atoms with Gasteiger partial charge in [0.05, 0.1) is 5.69 Å². The quantitative estimate of drug-likeness (QED) is 0.657. The largest absolute Gasteiger partial charge is 0.334 e. The van der Waals surface area contributed by atoms with Gasteiger partial charge in [0.2, 0.25) is 5.91 Å². The topological polar surface area (TPSA) is 46.9 Å². The van der Waals surface area contributed by atoms with Crippen molar-refractivity contribution in [1.82, 2.24) is 9.55 Å². The molecule has 0 saturated heterocycles. The first-order valence-electron chi connectivity index (χ1n) is 9.91. The van der Waals surface area contributed by atoms with E-state index in [1.54, 1.807) is 0 Å². The number of anilines is 1. The Morgan fingerprint density at radius 2 is 1.93 bits per heavy atom. The monoisotopic (exact) mass is 391 g/mol. The molecule has 1 aliphatic heterocycles. The standard InChI is InChI=1S/C23H22ClN3O/c24-20-6-2-1-5-17(20)18-13-19(18)23(28)25-16-10-8-15(9-11-16)21-14-27-12-4-3-7-22(27)26-21/h1-2,5-6,8-11,14,18-19H,3-4,7,12-13H2,(H,25,28). The van der Waals surface area contributed by atoms with Gasteiger partial charge < -0.3 is 9.88 Å². The van der Waals surface area contributed by atoms with Crippen LogP contribution < -0.4 is 5.32 Å². The van der Waals surface area contributed by atoms with Crippen molar-refractivity contribution in [2.45, 2.75) is 38.1 Å². The minimum atomic E-state index is -0.000517. The molecule has 2 heterocycles. The Kier molecular flexibility index (Phi) is 4.44. The van der Waals surface area contributed by atoms with Crippen LogP contribution in [0.25, 0.3) is 11.3 Å². The third-order valence-corrected chi connectivity index (χ3v) is 6.13. The van der Waals surface area contributed by atoms with Crippen molar-refractivity contribution in [2.75, 3.05) is 5.32 Å². The van der Waals surface area contributed by atoms with E-state index in [4.69, 9.17) is 16.6 Å². The van der Waals surface area contributed by atoms with Gasteiger partial charge in [0, 0.05) is 41.4 Å². The summed E-state index contributed by atoms with van der Waals surface area (Å²) >= 11 is 6.26. The molecule has 1 amide bonds. The summed E-state index contributed by atoms with van der Waals surface area (Å²) in [6.45, 7) is 1.06. The maximum absolute atomic E-state index is 12.6. The lowest BCUT2D eigenvalue weighted by molar-refractivity contribution is -0.117. The number of aryl methyl sites for hydroxylation is 2. The van der Waals surface area contributed by atoms with Crippen LogP contribution in [0.15, 0.2) is 54.7 Å². The van der Waals surface area contributed by atoms with Gasteiger partial charge >= 0.3 is 0 Å². The van der Waals surface area contributed by atoms with Crippen molar-refractivity contribution >= 4 is 23.2 Å². The molecule has 1 aromatic heterocycles. The van der Waals surface area contributed by atoms with Gasteiger partial charge in [0.15, 0.2) is 0 Å². The normalized spacial score (nSPS) is 20.5. The number of hydrogen-bond donors (Lipinski definition) is 1. The molecule has 2 aromatic carbocycles. The molecule has 0 bridgehead atoms. The number of halogens is 1. The van der Waals surface area contributed by atoms with Crippen LogP contribution in [0.1, 0.15) is 36.6 Å². The Labute approximate surface area is 169 Å². The summed E-state index contributed by atoms with van der Waals surface area (Å²) in [7, 11) is 0. The summed E-state index contributed by atoms with van der Waals surface area (Å²) in [5.41, 5.74) is 3.99. The number of carbonyl (C=O) groups excluding carboxylic acids is 1. The third kappa shape index (κ3) is 3.33. The van der Waals surface area contributed by atoms with Crippen molar-refractivity contribution in [3.63, 3.8) is 0 Å². The lowest BCUT2D eigenvalue weighted by atomic mass is 10.1. The molecular weight excluding hydrogens is 370 g/mol. The maximum atomic E-state index is 12.6. The summed E-state index contributed by atoms with van der Waals surface area (Å²) in [4.78, 5) is 17.4. The number of amides is 1. The second kappa shape index (κ2) is 7.10. The molecule has 5 rings (SSSR count). The van der Waals surface area contributed by atoms with Crippen molar-refractivity contribution in [3.05, 3.63) is 71.1 Å². The lowest BCUT2D eigenvalue weighted by Gasteiger charge is -2.11. The summed E-state index contributed by atoms with van der Waals surface area (Å²) in [6.07, 6.45) is 6.50. The highest BCUT2D eigenvalue weighted by molar-refractivity contribution is 6.31. The molecule has 2 aliphatic rings. The fourth-order valence-corrected chi connectivity index (χ4v) is 4.39. The molecule has 142 valence electrons. The van der Waals surface area contributed by atoms with E-state index in [0.717, 1.165) is 46.9 Å². The summed E-state index contributed by atoms with van der Waals surface area (Å²) in [5.74, 6) is 1.47. The molecule has 1 N–H and O–H groups in total. The Morgan fingerprint density at radius 1 is 1.11 bits per heavy atom. The number of carbonyl (C=O) groups is 1. The number of nitrogens with one attached hydrogen (secondary N) is 1. The predicted molar refractivity (Wildman–Crippen MR) is 112 cm³/mol. The predicted octanol–water partition coefficient (Wildman–Crippen LogP) is 5.28. The Morgan fingerprint density at radius 3 is 2.71 bits per heavy atom. The number of benzene rings is 2. The molecule has 4 nitrogen and oxygen atoms in total. The SMILES string of the molecule is O=C(Nc1ccc(-c2cn3c(n2)CCCC3)cc1)C1CC1c1ccccc1Cl. The number of rotatable bonds is 4. The highest BCUT2D eigenvalue weighted by atomic mass is 35.5. The Balaban J connectivity index is 1.25. The fourth-order valence-electron chi connectivity index (χ4n) is 4.12. The molecule has 5 heteroatoms. The minimum absolute atomic E-state index is 0.000517. The van der Waals surface area contributed by atoms with Gasteiger partial charge in [-0.1, -0.05) is 41.9 Å². The van der Waals surface area contributed by atoms with Crippen LogP contribution in [-0.4, -0.2) is 15.5 Å². The summed E-state index contributed by atoms with van der Waals surface area (Å²) in [5, 5.41) is 3.79. The van der Waals surface area contributed by atoms with Gasteiger partial charge in [0.25, 0.3) is 0 Å². The van der Waals surface area contributed by atoms with Gasteiger partial charge in [-0.3, -0.25) is 4.79 Å². The minimum Gasteiger partial charge on any atom is -0.334 e. The zero-order valence-corrected chi connectivity index (χ0v) is 16.3. The second-order valence-electron chi connectivity index (χ2n) is 7.73. The number of imidazole rings is 1. The average molecular weight is 392 g/mol. The van der Waals surface area contributed by atoms with Crippen LogP contribution in [0.2, 0.25) is 5.02 Å². The first kappa shape index (κ1) is 17.5. The number of hydrogen-bond acceptors (Lipinski definition) is 2. The number of aromatic nitrogens is 2. The van der Waals surface area contributed by atoms with Crippen LogP contribution in [0, 0.1) is 5.92 Å². The molecule has 2 atom stereocenters. The van der Waals surface area contributed by atoms with E-state index < -0.39 is 0 Å². The van der Waals surface area contributed by atoms with Crippen LogP contribution >= 0.6 is 11.6 Å². The smallest absolute Gasteiger partial charge is 0.228 e. The molecule has 1 aliphatic carbocycles. The Hall–Kier alpha value is -2.59. The second-order valence-corrected chi connectivity index (χ2v) is 8.14. The molecule has 1 fully saturated rings. The van der Waals surface area contributed by atoms with E-state index in [2.05, 4.69) is 16.1 Å². The first-order chi connectivity index (χ1) is 13.7. The maximum Gasteiger partial charge on any atom is 0.228 e. The van der Waals surface area contributed by atoms with Gasteiger partial charge in [-0.2, -0.15) is 0 Å². The molecule has 28 heavy (non-hydrogen) atoms. The highest BCUT2D eigenvalue weighted by Crippen LogP contribution is 2.50. The lowest BCUT2D eigenvalue weighted by Crippen LogP contribution is -2.14. The molecule has 0 spiro atoms. The Bertz CT molecular complexity index is 1000. The first-order valence-corrected chi connectivity index (χ1v) is 10.3. The van der Waals surface area contributed by atoms with Crippen LogP contribution in [-0.2, 0) is 17.8 Å². The van der Waals surface area contributed by atoms with Gasteiger partial charge in [-0.15, -0.1) is 0 Å². The highest BCUT2D eigenvalue weighted by Gasteiger charge is 2.44. The third-order valence-electron chi connectivity index (χ3n) is 5.79. The van der Waals surface area contributed by atoms with Crippen molar-refractivity contribution in [3.8, 4) is 11.3 Å².